The average Bonchev–Trinajstić information content (AvgIpc) is 2.81. The fourth-order valence-electron chi connectivity index (χ4n) is 3.33. The summed E-state index contributed by atoms with van der Waals surface area (Å²) in [7, 11) is 1.93. The van der Waals surface area contributed by atoms with Gasteiger partial charge in [0.25, 0.3) is 0 Å². The van der Waals surface area contributed by atoms with E-state index < -0.39 is 4.92 Å². The fourth-order valence-corrected chi connectivity index (χ4v) is 3.33. The molecular weight excluding hydrogens is 332 g/mol. The minimum atomic E-state index is -0.525. The van der Waals surface area contributed by atoms with E-state index in [2.05, 4.69) is 19.9 Å². The van der Waals surface area contributed by atoms with Crippen molar-refractivity contribution in [1.29, 1.82) is 0 Å². The highest BCUT2D eigenvalue weighted by Crippen LogP contribution is 2.46. The lowest BCUT2D eigenvalue weighted by molar-refractivity contribution is -0.385. The van der Waals surface area contributed by atoms with Gasteiger partial charge >= 0.3 is 5.69 Å². The van der Waals surface area contributed by atoms with Crippen LogP contribution in [-0.2, 0) is 10.2 Å². The van der Waals surface area contributed by atoms with Crippen LogP contribution in [-0.4, -0.2) is 24.4 Å². The molecule has 0 saturated carbocycles. The number of nitro groups is 1. The summed E-state index contributed by atoms with van der Waals surface area (Å²) in [6, 6.07) is 14.1. The van der Waals surface area contributed by atoms with Crippen LogP contribution in [0, 0.1) is 10.1 Å². The third-order valence-electron chi connectivity index (χ3n) is 4.67. The van der Waals surface area contributed by atoms with Crippen molar-refractivity contribution < 1.29 is 14.5 Å². The van der Waals surface area contributed by atoms with E-state index in [0.29, 0.717) is 0 Å². The summed E-state index contributed by atoms with van der Waals surface area (Å²) >= 11 is 0. The Balaban J connectivity index is 1.79. The van der Waals surface area contributed by atoms with Crippen LogP contribution in [0.4, 0.5) is 11.4 Å². The van der Waals surface area contributed by atoms with E-state index in [-0.39, 0.29) is 29.2 Å². The molecule has 3 rings (SSSR count). The lowest BCUT2D eigenvalue weighted by atomic mass is 9.83. The highest BCUT2D eigenvalue weighted by Gasteiger charge is 2.38. The molecule has 0 saturated heterocycles. The van der Waals surface area contributed by atoms with Crippen LogP contribution in [0.15, 0.2) is 60.3 Å². The van der Waals surface area contributed by atoms with Crippen LogP contribution in [0.3, 0.4) is 0 Å². The van der Waals surface area contributed by atoms with Crippen molar-refractivity contribution in [2.45, 2.75) is 19.3 Å². The molecule has 26 heavy (non-hydrogen) atoms. The number of fused-ring (bicyclic) bond motifs is 1. The van der Waals surface area contributed by atoms with E-state index in [0.717, 1.165) is 16.9 Å². The summed E-state index contributed by atoms with van der Waals surface area (Å²) < 4.78 is 5.40. The predicted octanol–water partition coefficient (Wildman–Crippen LogP) is 3.85. The summed E-state index contributed by atoms with van der Waals surface area (Å²) in [5.74, 6) is -0.155. The van der Waals surface area contributed by atoms with E-state index in [1.165, 1.54) is 12.1 Å². The summed E-state index contributed by atoms with van der Waals surface area (Å²) in [6.45, 7) is 3.88. The highest BCUT2D eigenvalue weighted by molar-refractivity contribution is 5.93. The van der Waals surface area contributed by atoms with Crippen LogP contribution in [0.25, 0.3) is 0 Å². The van der Waals surface area contributed by atoms with E-state index in [4.69, 9.17) is 4.74 Å². The number of ether oxygens (including phenoxy) is 1. The molecular formula is C20H20N2O4. The van der Waals surface area contributed by atoms with Gasteiger partial charge in [-0.15, -0.1) is 0 Å². The van der Waals surface area contributed by atoms with Crippen LogP contribution < -0.4 is 9.64 Å². The van der Waals surface area contributed by atoms with Crippen LogP contribution in [0.1, 0.15) is 19.4 Å². The van der Waals surface area contributed by atoms with Crippen molar-refractivity contribution in [2.75, 3.05) is 18.6 Å². The molecule has 0 bridgehead atoms. The minimum absolute atomic E-state index is 0.0894. The molecule has 1 heterocycles. The largest absolute Gasteiger partial charge is 0.478 e. The average molecular weight is 352 g/mol. The number of hydrogen-bond acceptors (Lipinski definition) is 5. The van der Waals surface area contributed by atoms with Gasteiger partial charge in [0.15, 0.2) is 18.1 Å². The monoisotopic (exact) mass is 352 g/mol. The fraction of sp³-hybridized carbons (Fsp3) is 0.250. The second-order valence-electron chi connectivity index (χ2n) is 6.71. The molecule has 1 aliphatic heterocycles. The Morgan fingerprint density at radius 1 is 1.19 bits per heavy atom. The Labute approximate surface area is 151 Å². The standard InChI is InChI=1S/C20H20N2O4/c1-20(2)15-8-4-5-9-16(15)21(3)19(20)12-14(23)13-26-18-11-7-6-10-17(18)22(24)25/h4-12H,13H2,1-3H3/b19-12+. The predicted molar refractivity (Wildman–Crippen MR) is 99.6 cm³/mol. The molecule has 0 N–H and O–H groups in total. The van der Waals surface area contributed by atoms with Crippen molar-refractivity contribution >= 4 is 17.2 Å². The van der Waals surface area contributed by atoms with Gasteiger partial charge in [-0.3, -0.25) is 14.9 Å². The zero-order valence-corrected chi connectivity index (χ0v) is 14.9. The third kappa shape index (κ3) is 3.06. The number of ketones is 1. The molecule has 6 heteroatoms. The smallest absolute Gasteiger partial charge is 0.310 e. The summed E-state index contributed by atoms with van der Waals surface area (Å²) in [6.07, 6.45) is 1.56. The highest BCUT2D eigenvalue weighted by atomic mass is 16.6. The Hall–Kier alpha value is -3.15. The number of para-hydroxylation sites is 3. The van der Waals surface area contributed by atoms with E-state index in [1.54, 1.807) is 18.2 Å². The molecule has 0 spiro atoms. The van der Waals surface area contributed by atoms with E-state index in [1.807, 2.05) is 30.1 Å². The topological polar surface area (TPSA) is 72.7 Å². The molecule has 0 atom stereocenters. The van der Waals surface area contributed by atoms with E-state index >= 15 is 0 Å². The summed E-state index contributed by atoms with van der Waals surface area (Å²) in [5.41, 5.74) is 2.63. The maximum absolute atomic E-state index is 12.4. The van der Waals surface area contributed by atoms with Gasteiger partial charge in [-0.05, 0) is 17.7 Å². The molecule has 1 aliphatic rings. The van der Waals surface area contributed by atoms with Crippen molar-refractivity contribution in [2.24, 2.45) is 0 Å². The molecule has 6 nitrogen and oxygen atoms in total. The number of likely N-dealkylation sites (N-methyl/N-ethyl adjacent to an activating group) is 1. The zero-order chi connectivity index (χ0) is 18.9. The SMILES string of the molecule is CN1/C(=C/C(=O)COc2ccccc2[N+](=O)[O-])C(C)(C)c2ccccc21. The molecule has 0 aliphatic carbocycles. The van der Waals surface area contributed by atoms with Gasteiger partial charge in [0.05, 0.1) is 4.92 Å². The van der Waals surface area contributed by atoms with Crippen molar-refractivity contribution in [3.8, 4) is 5.75 Å². The lowest BCUT2D eigenvalue weighted by Gasteiger charge is -2.23. The quantitative estimate of drug-likeness (QED) is 0.464. The first-order valence-corrected chi connectivity index (χ1v) is 8.27. The molecule has 134 valence electrons. The number of carbonyl (C=O) groups is 1. The molecule has 2 aromatic rings. The Morgan fingerprint density at radius 3 is 2.54 bits per heavy atom. The van der Waals surface area contributed by atoms with Crippen LogP contribution in [0.5, 0.6) is 5.75 Å². The van der Waals surface area contributed by atoms with Gasteiger partial charge in [0.2, 0.25) is 0 Å². The number of benzene rings is 2. The number of anilines is 1. The van der Waals surface area contributed by atoms with Crippen molar-refractivity contribution in [3.05, 3.63) is 76.0 Å². The molecule has 0 fully saturated rings. The summed E-state index contributed by atoms with van der Waals surface area (Å²) in [5, 5.41) is 11.0. The summed E-state index contributed by atoms with van der Waals surface area (Å²) in [4.78, 5) is 24.9. The molecule has 0 amide bonds. The minimum Gasteiger partial charge on any atom is -0.478 e. The number of nitro benzene ring substituents is 1. The second-order valence-corrected chi connectivity index (χ2v) is 6.71. The van der Waals surface area contributed by atoms with Crippen LogP contribution >= 0.6 is 0 Å². The molecule has 0 radical (unpaired) electrons. The van der Waals surface area contributed by atoms with Gasteiger partial charge in [-0.2, -0.15) is 0 Å². The van der Waals surface area contributed by atoms with Gasteiger partial charge in [0, 0.05) is 36.0 Å². The number of carbonyl (C=O) groups excluding carboxylic acids is 1. The number of nitrogens with zero attached hydrogens (tertiary/aromatic N) is 2. The lowest BCUT2D eigenvalue weighted by Crippen LogP contribution is -2.25. The Bertz CT molecular complexity index is 902. The first kappa shape index (κ1) is 17.7. The maximum Gasteiger partial charge on any atom is 0.310 e. The second kappa shape index (κ2) is 6.63. The first-order valence-electron chi connectivity index (χ1n) is 8.27. The third-order valence-corrected chi connectivity index (χ3v) is 4.67. The van der Waals surface area contributed by atoms with Gasteiger partial charge in [0.1, 0.15) is 0 Å². The van der Waals surface area contributed by atoms with E-state index in [9.17, 15) is 14.9 Å². The first-order chi connectivity index (χ1) is 12.3. The van der Waals surface area contributed by atoms with Gasteiger partial charge in [-0.1, -0.05) is 44.2 Å². The van der Waals surface area contributed by atoms with Crippen LogP contribution in [0.2, 0.25) is 0 Å². The number of rotatable bonds is 5. The zero-order valence-electron chi connectivity index (χ0n) is 14.9. The Morgan fingerprint density at radius 2 is 1.85 bits per heavy atom. The van der Waals surface area contributed by atoms with Gasteiger partial charge < -0.3 is 9.64 Å². The molecule has 0 aromatic heterocycles. The molecule has 2 aromatic carbocycles. The number of hydrogen-bond donors (Lipinski definition) is 0. The number of allylic oxidation sites excluding steroid dienone is 1. The molecule has 0 unspecified atom stereocenters. The van der Waals surface area contributed by atoms with Crippen molar-refractivity contribution in [1.82, 2.24) is 0 Å². The normalized spacial score (nSPS) is 16.4. The maximum atomic E-state index is 12.4. The van der Waals surface area contributed by atoms with Gasteiger partial charge in [-0.25, -0.2) is 0 Å². The van der Waals surface area contributed by atoms with Crippen molar-refractivity contribution in [3.63, 3.8) is 0 Å². The Kier molecular flexibility index (Phi) is 4.50.